The van der Waals surface area contributed by atoms with E-state index in [2.05, 4.69) is 12.2 Å². The first-order chi connectivity index (χ1) is 8.93. The number of ether oxygens (including phenoxy) is 2. The van der Waals surface area contributed by atoms with E-state index in [0.29, 0.717) is 23.3 Å². The summed E-state index contributed by atoms with van der Waals surface area (Å²) in [6.45, 7) is 11.1. The fourth-order valence-corrected chi connectivity index (χ4v) is 3.18. The quantitative estimate of drug-likeness (QED) is 0.803. The van der Waals surface area contributed by atoms with Crippen LogP contribution in [0.15, 0.2) is 22.5 Å². The molecule has 1 N–H and O–H groups in total. The van der Waals surface area contributed by atoms with E-state index in [1.165, 1.54) is 0 Å². The van der Waals surface area contributed by atoms with Crippen LogP contribution in [0, 0.1) is 5.92 Å². The summed E-state index contributed by atoms with van der Waals surface area (Å²) in [7, 11) is 0. The van der Waals surface area contributed by atoms with E-state index in [4.69, 9.17) is 33.9 Å². The van der Waals surface area contributed by atoms with Crippen molar-refractivity contribution < 1.29 is 9.47 Å². The Hall–Kier alpha value is -0.940. The van der Waals surface area contributed by atoms with Gasteiger partial charge in [-0.1, -0.05) is 6.92 Å². The van der Waals surface area contributed by atoms with Gasteiger partial charge in [-0.15, -0.1) is 0 Å². The highest BCUT2D eigenvalue weighted by atomic mass is 32.1. The molecule has 0 aromatic rings. The van der Waals surface area contributed by atoms with Crippen LogP contribution in [0.1, 0.15) is 34.6 Å². The van der Waals surface area contributed by atoms with E-state index in [9.17, 15) is 0 Å². The highest BCUT2D eigenvalue weighted by Crippen LogP contribution is 2.31. The largest absolute Gasteiger partial charge is 0.483 e. The van der Waals surface area contributed by atoms with Gasteiger partial charge in [0, 0.05) is 28.5 Å². The lowest BCUT2D eigenvalue weighted by Gasteiger charge is -2.30. The Kier molecular flexibility index (Phi) is 5.94. The molecule has 1 aliphatic heterocycles. The average molecular weight is 299 g/mol. The molecule has 0 unspecified atom stereocenters. The first-order valence-electron chi connectivity index (χ1n) is 6.46. The molecule has 19 heavy (non-hydrogen) atoms. The third kappa shape index (κ3) is 3.54. The van der Waals surface area contributed by atoms with Crippen molar-refractivity contribution in [2.45, 2.75) is 34.6 Å². The second-order valence-electron chi connectivity index (χ2n) is 4.36. The Morgan fingerprint density at radius 2 is 1.37 bits per heavy atom. The fraction of sp³-hybridized carbons (Fsp3) is 0.571. The Morgan fingerprint density at radius 3 is 1.68 bits per heavy atom. The van der Waals surface area contributed by atoms with E-state index in [1.807, 2.05) is 27.7 Å². The van der Waals surface area contributed by atoms with Crippen molar-refractivity contribution in [3.05, 3.63) is 22.5 Å². The van der Waals surface area contributed by atoms with Crippen LogP contribution in [-0.4, -0.2) is 23.3 Å². The number of hydrogen-bond acceptors (Lipinski definition) is 5. The highest BCUT2D eigenvalue weighted by molar-refractivity contribution is 7.80. The summed E-state index contributed by atoms with van der Waals surface area (Å²) < 4.78 is 10.9. The van der Waals surface area contributed by atoms with Crippen LogP contribution in [0.25, 0.3) is 0 Å². The standard InChI is InChI=1S/C14H21NO2S2/c1-6-16-13(18)11-8(3)12(14(19)17-7-2)10(5)15-9(11)4/h8,15H,6-7H2,1-5H3. The van der Waals surface area contributed by atoms with Gasteiger partial charge in [-0.2, -0.15) is 0 Å². The van der Waals surface area contributed by atoms with Gasteiger partial charge in [0.2, 0.25) is 0 Å². The summed E-state index contributed by atoms with van der Waals surface area (Å²) in [6, 6.07) is 0. The molecule has 1 heterocycles. The number of hydrogen-bond donors (Lipinski definition) is 1. The van der Waals surface area contributed by atoms with Crippen LogP contribution in [0.3, 0.4) is 0 Å². The van der Waals surface area contributed by atoms with Gasteiger partial charge in [-0.25, -0.2) is 0 Å². The van der Waals surface area contributed by atoms with Crippen molar-refractivity contribution in [3.8, 4) is 0 Å². The Balaban J connectivity index is 3.08. The van der Waals surface area contributed by atoms with E-state index >= 15 is 0 Å². The smallest absolute Gasteiger partial charge is 0.189 e. The molecule has 0 fully saturated rings. The molecule has 106 valence electrons. The summed E-state index contributed by atoms with van der Waals surface area (Å²) in [5, 5.41) is 4.38. The fourth-order valence-electron chi connectivity index (χ4n) is 2.29. The van der Waals surface area contributed by atoms with Gasteiger partial charge in [0.05, 0.1) is 13.2 Å². The van der Waals surface area contributed by atoms with E-state index in [1.54, 1.807) is 0 Å². The molecule has 0 aromatic carbocycles. The zero-order valence-corrected chi connectivity index (χ0v) is 13.8. The van der Waals surface area contributed by atoms with Gasteiger partial charge in [-0.05, 0) is 52.1 Å². The third-order valence-corrected chi connectivity index (χ3v) is 3.72. The molecule has 0 aliphatic carbocycles. The minimum absolute atomic E-state index is 0.0827. The van der Waals surface area contributed by atoms with Gasteiger partial charge < -0.3 is 14.8 Å². The zero-order valence-electron chi connectivity index (χ0n) is 12.1. The molecule has 0 spiro atoms. The molecule has 0 aromatic heterocycles. The van der Waals surface area contributed by atoms with Crippen molar-refractivity contribution in [2.75, 3.05) is 13.2 Å². The van der Waals surface area contributed by atoms with Crippen molar-refractivity contribution in [3.63, 3.8) is 0 Å². The van der Waals surface area contributed by atoms with E-state index in [-0.39, 0.29) is 5.92 Å². The van der Waals surface area contributed by atoms with Gasteiger partial charge in [-0.3, -0.25) is 0 Å². The van der Waals surface area contributed by atoms with Crippen LogP contribution in [0.5, 0.6) is 0 Å². The third-order valence-electron chi connectivity index (χ3n) is 3.04. The number of dihydropyridines is 1. The first-order valence-corrected chi connectivity index (χ1v) is 7.28. The molecular weight excluding hydrogens is 278 g/mol. The molecule has 0 amide bonds. The number of allylic oxidation sites excluding steroid dienone is 2. The van der Waals surface area contributed by atoms with Crippen molar-refractivity contribution in [2.24, 2.45) is 5.92 Å². The molecule has 0 bridgehead atoms. The van der Waals surface area contributed by atoms with Crippen LogP contribution in [0.2, 0.25) is 0 Å². The lowest BCUT2D eigenvalue weighted by atomic mass is 9.88. The van der Waals surface area contributed by atoms with E-state index < -0.39 is 0 Å². The van der Waals surface area contributed by atoms with Crippen LogP contribution in [0.4, 0.5) is 0 Å². The van der Waals surface area contributed by atoms with Crippen molar-refractivity contribution in [1.82, 2.24) is 5.32 Å². The number of nitrogens with one attached hydrogen (secondary N) is 1. The maximum absolute atomic E-state index is 5.47. The van der Waals surface area contributed by atoms with Gasteiger partial charge >= 0.3 is 0 Å². The Labute approximate surface area is 126 Å². The van der Waals surface area contributed by atoms with Crippen LogP contribution >= 0.6 is 24.4 Å². The molecule has 0 saturated carbocycles. The first kappa shape index (κ1) is 16.1. The number of thiocarbonyl (C=S) groups is 2. The molecule has 0 saturated heterocycles. The predicted octanol–water partition coefficient (Wildman–Crippen LogP) is 3.50. The summed E-state index contributed by atoms with van der Waals surface area (Å²) in [6.07, 6.45) is 0. The molecule has 3 nitrogen and oxygen atoms in total. The molecule has 0 atom stereocenters. The van der Waals surface area contributed by atoms with E-state index in [0.717, 1.165) is 22.5 Å². The molecule has 5 heteroatoms. The number of rotatable bonds is 4. The maximum Gasteiger partial charge on any atom is 0.189 e. The monoisotopic (exact) mass is 299 g/mol. The maximum atomic E-state index is 5.47. The summed E-state index contributed by atoms with van der Waals surface area (Å²) in [4.78, 5) is 0. The predicted molar refractivity (Wildman–Crippen MR) is 86.1 cm³/mol. The van der Waals surface area contributed by atoms with Crippen LogP contribution < -0.4 is 5.32 Å². The molecule has 1 rings (SSSR count). The Morgan fingerprint density at radius 1 is 1.00 bits per heavy atom. The normalized spacial score (nSPS) is 16.3. The average Bonchev–Trinajstić information content (AvgIpc) is 2.28. The highest BCUT2D eigenvalue weighted by Gasteiger charge is 2.29. The zero-order chi connectivity index (χ0) is 14.6. The van der Waals surface area contributed by atoms with Gasteiger partial charge in [0.1, 0.15) is 0 Å². The second-order valence-corrected chi connectivity index (χ2v) is 5.11. The molecular formula is C14H21NO2S2. The van der Waals surface area contributed by atoms with Crippen LogP contribution in [-0.2, 0) is 9.47 Å². The SMILES string of the molecule is CCOC(=S)C1=C(C)NC(C)=C(C(=S)OCC)C1C. The topological polar surface area (TPSA) is 30.5 Å². The van der Waals surface area contributed by atoms with Gasteiger partial charge in [0.25, 0.3) is 0 Å². The van der Waals surface area contributed by atoms with Crippen molar-refractivity contribution >= 4 is 34.5 Å². The minimum Gasteiger partial charge on any atom is -0.483 e. The lowest BCUT2D eigenvalue weighted by Crippen LogP contribution is -2.31. The van der Waals surface area contributed by atoms with Crippen molar-refractivity contribution in [1.29, 1.82) is 0 Å². The molecule has 0 radical (unpaired) electrons. The minimum atomic E-state index is 0.0827. The molecule has 1 aliphatic rings. The summed E-state index contributed by atoms with van der Waals surface area (Å²) in [5.74, 6) is 0.0827. The Bertz CT molecular complexity index is 412. The summed E-state index contributed by atoms with van der Waals surface area (Å²) in [5.41, 5.74) is 4.01. The lowest BCUT2D eigenvalue weighted by molar-refractivity contribution is 0.328. The van der Waals surface area contributed by atoms with Gasteiger partial charge in [0.15, 0.2) is 10.1 Å². The summed E-state index contributed by atoms with van der Waals surface area (Å²) >= 11 is 10.7. The second kappa shape index (κ2) is 7.01.